The fourth-order valence-corrected chi connectivity index (χ4v) is 4.01. The molecule has 0 aliphatic carbocycles. The lowest BCUT2D eigenvalue weighted by molar-refractivity contribution is -0.125. The summed E-state index contributed by atoms with van der Waals surface area (Å²) in [6, 6.07) is 13.0. The number of hydrogen-bond donors (Lipinski definition) is 1. The van der Waals surface area contributed by atoms with E-state index in [4.69, 9.17) is 4.74 Å². The molecule has 2 aromatic carbocycles. The first kappa shape index (κ1) is 20.4. The zero-order chi connectivity index (χ0) is 21.1. The Morgan fingerprint density at radius 2 is 1.97 bits per heavy atom. The molecule has 0 saturated carbocycles. The average molecular weight is 472 g/mol. The van der Waals surface area contributed by atoms with Gasteiger partial charge in [-0.2, -0.15) is 0 Å². The maximum absolute atomic E-state index is 12.5. The molecule has 1 N–H and O–H groups in total. The minimum Gasteiger partial charge on any atom is -0.482 e. The van der Waals surface area contributed by atoms with Crippen molar-refractivity contribution >= 4 is 45.0 Å². The van der Waals surface area contributed by atoms with E-state index in [9.17, 15) is 14.4 Å². The Morgan fingerprint density at radius 3 is 2.80 bits per heavy atom. The minimum absolute atomic E-state index is 0.0822. The predicted molar refractivity (Wildman–Crippen MR) is 116 cm³/mol. The monoisotopic (exact) mass is 471 g/mol. The van der Waals surface area contributed by atoms with Gasteiger partial charge in [-0.15, -0.1) is 0 Å². The maximum atomic E-state index is 12.5. The smallest absolute Gasteiger partial charge is 0.265 e. The quantitative estimate of drug-likeness (QED) is 0.726. The van der Waals surface area contributed by atoms with Gasteiger partial charge in [0.15, 0.2) is 6.61 Å². The summed E-state index contributed by atoms with van der Waals surface area (Å²) in [6.45, 7) is 0.869. The Bertz CT molecular complexity index is 994. The van der Waals surface area contributed by atoms with Crippen molar-refractivity contribution in [2.75, 3.05) is 29.5 Å². The fourth-order valence-electron chi connectivity index (χ4n) is 3.67. The van der Waals surface area contributed by atoms with Gasteiger partial charge in [0.05, 0.1) is 5.69 Å². The van der Waals surface area contributed by atoms with Crippen LogP contribution in [0.4, 0.5) is 11.4 Å². The van der Waals surface area contributed by atoms with Gasteiger partial charge in [-0.1, -0.05) is 28.1 Å². The molecule has 2 aliphatic heterocycles. The second-order valence-corrected chi connectivity index (χ2v) is 8.25. The summed E-state index contributed by atoms with van der Waals surface area (Å²) in [5.74, 6) is 0.179. The topological polar surface area (TPSA) is 79.0 Å². The number of anilines is 2. The van der Waals surface area contributed by atoms with Crippen LogP contribution in [-0.2, 0) is 20.9 Å². The summed E-state index contributed by atoms with van der Waals surface area (Å²) in [6.07, 6.45) is 2.51. The maximum Gasteiger partial charge on any atom is 0.265 e. The number of benzene rings is 2. The number of halogens is 1. The molecule has 2 aromatic rings. The van der Waals surface area contributed by atoms with Crippen molar-refractivity contribution in [3.63, 3.8) is 0 Å². The van der Waals surface area contributed by atoms with Crippen LogP contribution >= 0.6 is 15.9 Å². The lowest BCUT2D eigenvalue weighted by atomic mass is 10.1. The Morgan fingerprint density at radius 1 is 1.10 bits per heavy atom. The van der Waals surface area contributed by atoms with Crippen molar-refractivity contribution in [1.29, 1.82) is 0 Å². The van der Waals surface area contributed by atoms with Crippen LogP contribution in [0.5, 0.6) is 5.75 Å². The molecular weight excluding hydrogens is 450 g/mol. The van der Waals surface area contributed by atoms with Crippen molar-refractivity contribution in [1.82, 2.24) is 5.32 Å². The number of nitrogens with one attached hydrogen (secondary N) is 1. The van der Waals surface area contributed by atoms with E-state index in [-0.39, 0.29) is 30.9 Å². The van der Waals surface area contributed by atoms with E-state index in [0.29, 0.717) is 24.4 Å². The Kier molecular flexibility index (Phi) is 6.03. The molecule has 0 atom stereocenters. The molecule has 0 aromatic heterocycles. The normalized spacial score (nSPS) is 16.2. The Balaban J connectivity index is 1.39. The van der Waals surface area contributed by atoms with E-state index >= 15 is 0 Å². The third-order valence-electron chi connectivity index (χ3n) is 5.20. The summed E-state index contributed by atoms with van der Waals surface area (Å²) < 4.78 is 6.29. The SMILES string of the molecule is O=C(CN1C(=O)COc2cc(Br)ccc21)NCc1cccc(N2CCCCC2=O)c1. The molecule has 1 saturated heterocycles. The van der Waals surface area contributed by atoms with Crippen LogP contribution < -0.4 is 19.9 Å². The van der Waals surface area contributed by atoms with E-state index in [2.05, 4.69) is 21.2 Å². The van der Waals surface area contributed by atoms with Crippen LogP contribution in [0.1, 0.15) is 24.8 Å². The third kappa shape index (κ3) is 4.48. The molecular formula is C22H22BrN3O4. The molecule has 2 aliphatic rings. The average Bonchev–Trinajstić information content (AvgIpc) is 2.75. The number of carbonyl (C=O) groups excluding carboxylic acids is 3. The van der Waals surface area contributed by atoms with Crippen LogP contribution in [0.2, 0.25) is 0 Å². The summed E-state index contributed by atoms with van der Waals surface area (Å²) in [4.78, 5) is 40.2. The van der Waals surface area contributed by atoms with Crippen LogP contribution in [0.3, 0.4) is 0 Å². The van der Waals surface area contributed by atoms with Gasteiger partial charge in [-0.3, -0.25) is 19.3 Å². The highest BCUT2D eigenvalue weighted by Crippen LogP contribution is 2.34. The number of fused-ring (bicyclic) bond motifs is 1. The van der Waals surface area contributed by atoms with Gasteiger partial charge in [0.25, 0.3) is 5.91 Å². The molecule has 3 amide bonds. The van der Waals surface area contributed by atoms with Crippen molar-refractivity contribution < 1.29 is 19.1 Å². The molecule has 0 spiro atoms. The molecule has 0 radical (unpaired) electrons. The van der Waals surface area contributed by atoms with Crippen LogP contribution in [-0.4, -0.2) is 37.4 Å². The molecule has 1 fully saturated rings. The first-order valence-corrected chi connectivity index (χ1v) is 10.7. The minimum atomic E-state index is -0.265. The first-order valence-electron chi connectivity index (χ1n) is 9.90. The van der Waals surface area contributed by atoms with E-state index in [0.717, 1.165) is 35.1 Å². The van der Waals surface area contributed by atoms with Gasteiger partial charge < -0.3 is 15.0 Å². The van der Waals surface area contributed by atoms with E-state index < -0.39 is 0 Å². The second kappa shape index (κ2) is 8.87. The molecule has 30 heavy (non-hydrogen) atoms. The molecule has 156 valence electrons. The van der Waals surface area contributed by atoms with E-state index in [1.54, 1.807) is 23.1 Å². The van der Waals surface area contributed by atoms with Crippen LogP contribution in [0.25, 0.3) is 0 Å². The molecule has 0 bridgehead atoms. The van der Waals surface area contributed by atoms with E-state index in [1.165, 1.54) is 4.90 Å². The van der Waals surface area contributed by atoms with Gasteiger partial charge in [-0.05, 0) is 48.7 Å². The van der Waals surface area contributed by atoms with Crippen LogP contribution in [0.15, 0.2) is 46.9 Å². The lowest BCUT2D eigenvalue weighted by Gasteiger charge is -2.29. The molecule has 4 rings (SSSR count). The summed E-state index contributed by atoms with van der Waals surface area (Å²) in [5, 5.41) is 2.86. The third-order valence-corrected chi connectivity index (χ3v) is 5.70. The largest absolute Gasteiger partial charge is 0.482 e. The number of nitrogens with zero attached hydrogens (tertiary/aromatic N) is 2. The van der Waals surface area contributed by atoms with Crippen molar-refractivity contribution in [3.8, 4) is 5.75 Å². The first-order chi connectivity index (χ1) is 14.5. The number of ether oxygens (including phenoxy) is 1. The number of rotatable bonds is 5. The fraction of sp³-hybridized carbons (Fsp3) is 0.318. The Labute approximate surface area is 183 Å². The van der Waals surface area contributed by atoms with Crippen molar-refractivity contribution in [2.45, 2.75) is 25.8 Å². The Hall–Kier alpha value is -2.87. The zero-order valence-corrected chi connectivity index (χ0v) is 18.0. The highest BCUT2D eigenvalue weighted by atomic mass is 79.9. The predicted octanol–water partition coefficient (Wildman–Crippen LogP) is 3.01. The standard InChI is InChI=1S/C22H22BrN3O4/c23-16-7-8-18-19(11-16)30-14-22(29)26(18)13-20(27)24-12-15-4-3-5-17(10-15)25-9-2-1-6-21(25)28/h3-5,7-8,10-11H,1-2,6,9,12-14H2,(H,24,27). The number of amides is 3. The molecule has 0 unspecified atom stereocenters. The van der Waals surface area contributed by atoms with Gasteiger partial charge in [0, 0.05) is 29.7 Å². The zero-order valence-electron chi connectivity index (χ0n) is 16.4. The number of hydrogen-bond acceptors (Lipinski definition) is 4. The molecule has 2 heterocycles. The summed E-state index contributed by atoms with van der Waals surface area (Å²) in [5.41, 5.74) is 2.33. The summed E-state index contributed by atoms with van der Waals surface area (Å²) in [7, 11) is 0. The second-order valence-electron chi connectivity index (χ2n) is 7.33. The highest BCUT2D eigenvalue weighted by Gasteiger charge is 2.27. The summed E-state index contributed by atoms with van der Waals surface area (Å²) >= 11 is 3.38. The van der Waals surface area contributed by atoms with Gasteiger partial charge >= 0.3 is 0 Å². The van der Waals surface area contributed by atoms with Crippen molar-refractivity contribution in [3.05, 3.63) is 52.5 Å². The van der Waals surface area contributed by atoms with Gasteiger partial charge in [-0.25, -0.2) is 0 Å². The van der Waals surface area contributed by atoms with Crippen molar-refractivity contribution in [2.24, 2.45) is 0 Å². The van der Waals surface area contributed by atoms with Crippen LogP contribution in [0, 0.1) is 0 Å². The van der Waals surface area contributed by atoms with Gasteiger partial charge in [0.2, 0.25) is 11.8 Å². The highest BCUT2D eigenvalue weighted by molar-refractivity contribution is 9.10. The lowest BCUT2D eigenvalue weighted by Crippen LogP contribution is -2.45. The van der Waals surface area contributed by atoms with E-state index in [1.807, 2.05) is 24.3 Å². The molecule has 8 heteroatoms. The number of piperidine rings is 1. The van der Waals surface area contributed by atoms with Gasteiger partial charge in [0.1, 0.15) is 12.3 Å². The number of carbonyl (C=O) groups is 3. The molecule has 7 nitrogen and oxygen atoms in total.